The molecule has 2 rings (SSSR count). The number of carbonyl (C=O) groups excluding carboxylic acids is 1. The molecule has 0 aromatic heterocycles. The fourth-order valence-electron chi connectivity index (χ4n) is 1.62. The van der Waals surface area contributed by atoms with Crippen molar-refractivity contribution in [2.75, 3.05) is 5.32 Å². The first-order valence-electron chi connectivity index (χ1n) is 6.06. The number of nitriles is 1. The van der Waals surface area contributed by atoms with Crippen molar-refractivity contribution in [3.05, 3.63) is 63.2 Å². The van der Waals surface area contributed by atoms with Crippen molar-refractivity contribution in [1.29, 1.82) is 5.26 Å². The van der Waals surface area contributed by atoms with E-state index in [0.29, 0.717) is 11.3 Å². The molecule has 0 radical (unpaired) electrons. The van der Waals surface area contributed by atoms with Crippen LogP contribution in [-0.2, 0) is 4.79 Å². The molecule has 4 nitrogen and oxygen atoms in total. The summed E-state index contributed by atoms with van der Waals surface area (Å²) in [6.45, 7) is 0. The number of halogens is 1. The number of benzene rings is 2. The Morgan fingerprint density at radius 3 is 2.33 bits per heavy atom. The zero-order valence-electron chi connectivity index (χ0n) is 10.9. The summed E-state index contributed by atoms with van der Waals surface area (Å²) in [4.78, 5) is 12.0. The first-order valence-corrected chi connectivity index (χ1v) is 7.14. The number of anilines is 1. The molecule has 0 saturated heterocycles. The van der Waals surface area contributed by atoms with Crippen LogP contribution in [0.5, 0.6) is 5.75 Å². The minimum Gasteiger partial charge on any atom is -0.508 e. The molecule has 1 amide bonds. The van der Waals surface area contributed by atoms with Gasteiger partial charge in [-0.15, -0.1) is 0 Å². The van der Waals surface area contributed by atoms with Gasteiger partial charge in [-0.3, -0.25) is 4.79 Å². The lowest BCUT2D eigenvalue weighted by Gasteiger charge is -2.04. The summed E-state index contributed by atoms with van der Waals surface area (Å²) < 4.78 is 1.06. The van der Waals surface area contributed by atoms with Crippen molar-refractivity contribution in [2.24, 2.45) is 0 Å². The molecule has 2 aromatic rings. The molecule has 0 saturated carbocycles. The van der Waals surface area contributed by atoms with Crippen LogP contribution in [0.4, 0.5) is 5.69 Å². The van der Waals surface area contributed by atoms with Gasteiger partial charge in [-0.1, -0.05) is 12.1 Å². The van der Waals surface area contributed by atoms with Crippen LogP contribution in [0.15, 0.2) is 54.1 Å². The highest BCUT2D eigenvalue weighted by Gasteiger charge is 2.09. The Labute approximate surface area is 135 Å². The number of phenolic OH excluding ortho intramolecular Hbond substituents is 1. The third kappa shape index (κ3) is 4.33. The molecule has 2 N–H and O–H groups in total. The quantitative estimate of drug-likeness (QED) is 0.479. The zero-order chi connectivity index (χ0) is 15.2. The van der Waals surface area contributed by atoms with Crippen LogP contribution in [0, 0.1) is 14.9 Å². The largest absolute Gasteiger partial charge is 0.508 e. The first kappa shape index (κ1) is 15.1. The van der Waals surface area contributed by atoms with Crippen LogP contribution < -0.4 is 5.32 Å². The van der Waals surface area contributed by atoms with E-state index in [2.05, 4.69) is 27.9 Å². The van der Waals surface area contributed by atoms with Gasteiger partial charge in [0.1, 0.15) is 17.4 Å². The minimum absolute atomic E-state index is 0.000704. The fourth-order valence-corrected chi connectivity index (χ4v) is 1.98. The van der Waals surface area contributed by atoms with Crippen molar-refractivity contribution in [3.8, 4) is 11.8 Å². The number of carbonyl (C=O) groups is 1. The number of nitrogens with zero attached hydrogens (tertiary/aromatic N) is 1. The molecule has 0 aliphatic carbocycles. The van der Waals surface area contributed by atoms with E-state index in [9.17, 15) is 9.90 Å². The van der Waals surface area contributed by atoms with Crippen molar-refractivity contribution in [3.63, 3.8) is 0 Å². The predicted octanol–water partition coefficient (Wildman–Crippen LogP) is 3.54. The van der Waals surface area contributed by atoms with Crippen LogP contribution in [-0.4, -0.2) is 11.0 Å². The number of amides is 1. The van der Waals surface area contributed by atoms with E-state index >= 15 is 0 Å². The van der Waals surface area contributed by atoms with Gasteiger partial charge in [0.2, 0.25) is 0 Å². The summed E-state index contributed by atoms with van der Waals surface area (Å²) >= 11 is 2.17. The third-order valence-corrected chi connectivity index (χ3v) is 3.39. The molecular weight excluding hydrogens is 379 g/mol. The second-order valence-electron chi connectivity index (χ2n) is 4.22. The van der Waals surface area contributed by atoms with Crippen LogP contribution in [0.1, 0.15) is 5.56 Å². The zero-order valence-corrected chi connectivity index (χ0v) is 13.0. The number of hydrogen-bond donors (Lipinski definition) is 2. The molecule has 0 spiro atoms. The average molecular weight is 390 g/mol. The highest BCUT2D eigenvalue weighted by atomic mass is 127. The Bertz CT molecular complexity index is 713. The van der Waals surface area contributed by atoms with Crippen LogP contribution in [0.3, 0.4) is 0 Å². The Morgan fingerprint density at radius 2 is 1.76 bits per heavy atom. The Hall–Kier alpha value is -2.33. The van der Waals surface area contributed by atoms with Crippen molar-refractivity contribution in [2.45, 2.75) is 0 Å². The number of phenols is 1. The molecule has 0 atom stereocenters. The summed E-state index contributed by atoms with van der Waals surface area (Å²) in [5, 5.41) is 21.0. The van der Waals surface area contributed by atoms with Gasteiger partial charge in [-0.2, -0.15) is 5.26 Å². The molecule has 21 heavy (non-hydrogen) atoms. The molecule has 0 bridgehead atoms. The molecule has 0 aliphatic heterocycles. The first-order chi connectivity index (χ1) is 10.1. The van der Waals surface area contributed by atoms with E-state index in [0.717, 1.165) is 3.57 Å². The summed E-state index contributed by atoms with van der Waals surface area (Å²) in [7, 11) is 0. The van der Waals surface area contributed by atoms with E-state index in [1.165, 1.54) is 18.2 Å². The summed E-state index contributed by atoms with van der Waals surface area (Å²) in [5.74, 6) is -0.333. The summed E-state index contributed by atoms with van der Waals surface area (Å²) in [6, 6.07) is 15.4. The highest BCUT2D eigenvalue weighted by Crippen LogP contribution is 2.15. The highest BCUT2D eigenvalue weighted by molar-refractivity contribution is 14.1. The van der Waals surface area contributed by atoms with Gasteiger partial charge in [0, 0.05) is 9.26 Å². The second kappa shape index (κ2) is 6.90. The maximum Gasteiger partial charge on any atom is 0.266 e. The van der Waals surface area contributed by atoms with Crippen LogP contribution >= 0.6 is 22.6 Å². The van der Waals surface area contributed by atoms with Crippen LogP contribution in [0.25, 0.3) is 6.08 Å². The molecule has 0 aliphatic rings. The van der Waals surface area contributed by atoms with Crippen LogP contribution in [0.2, 0.25) is 0 Å². The lowest BCUT2D eigenvalue weighted by molar-refractivity contribution is -0.112. The van der Waals surface area contributed by atoms with E-state index in [1.807, 2.05) is 18.2 Å². The number of nitrogens with one attached hydrogen (secondary N) is 1. The van der Waals surface area contributed by atoms with Gasteiger partial charge >= 0.3 is 0 Å². The lowest BCUT2D eigenvalue weighted by atomic mass is 10.1. The number of hydrogen-bond acceptors (Lipinski definition) is 3. The van der Waals surface area contributed by atoms with Crippen molar-refractivity contribution >= 4 is 40.3 Å². The van der Waals surface area contributed by atoms with E-state index in [-0.39, 0.29) is 11.3 Å². The van der Waals surface area contributed by atoms with Crippen molar-refractivity contribution < 1.29 is 9.90 Å². The SMILES string of the molecule is N#C/C(=C\c1ccc(O)cc1)C(=O)Nc1ccc(I)cc1. The monoisotopic (exact) mass is 390 g/mol. The predicted molar refractivity (Wildman–Crippen MR) is 89.5 cm³/mol. The molecule has 2 aromatic carbocycles. The van der Waals surface area contributed by atoms with Gasteiger partial charge in [0.05, 0.1) is 0 Å². The Kier molecular flexibility index (Phi) is 4.95. The van der Waals surface area contributed by atoms with E-state index < -0.39 is 5.91 Å². The van der Waals surface area contributed by atoms with E-state index in [1.54, 1.807) is 24.3 Å². The molecule has 104 valence electrons. The summed E-state index contributed by atoms with van der Waals surface area (Å²) in [5.41, 5.74) is 1.30. The van der Waals surface area contributed by atoms with Gasteiger partial charge in [-0.05, 0) is 70.6 Å². The smallest absolute Gasteiger partial charge is 0.266 e. The average Bonchev–Trinajstić information content (AvgIpc) is 2.49. The molecule has 0 heterocycles. The molecule has 0 fully saturated rings. The molecular formula is C16H11IN2O2. The Morgan fingerprint density at radius 1 is 1.14 bits per heavy atom. The maximum absolute atomic E-state index is 12.0. The summed E-state index contributed by atoms with van der Waals surface area (Å²) in [6.07, 6.45) is 1.47. The van der Waals surface area contributed by atoms with Gasteiger partial charge in [0.15, 0.2) is 0 Å². The van der Waals surface area contributed by atoms with Gasteiger partial charge in [-0.25, -0.2) is 0 Å². The standard InChI is InChI=1S/C16H11IN2O2/c17-13-3-5-14(6-4-13)19-16(21)12(10-18)9-11-1-7-15(20)8-2-11/h1-9,20H,(H,19,21)/b12-9+. The third-order valence-electron chi connectivity index (χ3n) is 2.67. The lowest BCUT2D eigenvalue weighted by Crippen LogP contribution is -2.13. The molecule has 5 heteroatoms. The fraction of sp³-hybridized carbons (Fsp3) is 0. The van der Waals surface area contributed by atoms with E-state index in [4.69, 9.17) is 5.26 Å². The topological polar surface area (TPSA) is 73.1 Å². The van der Waals surface area contributed by atoms with Crippen molar-refractivity contribution in [1.82, 2.24) is 0 Å². The normalized spacial score (nSPS) is 10.8. The number of aromatic hydroxyl groups is 1. The van der Waals surface area contributed by atoms with Gasteiger partial charge in [0.25, 0.3) is 5.91 Å². The Balaban J connectivity index is 2.17. The minimum atomic E-state index is -0.466. The maximum atomic E-state index is 12.0. The molecule has 0 unspecified atom stereocenters. The van der Waals surface area contributed by atoms with Gasteiger partial charge < -0.3 is 10.4 Å². The second-order valence-corrected chi connectivity index (χ2v) is 5.47. The number of rotatable bonds is 3.